The Labute approximate surface area is 201 Å². The fourth-order valence-electron chi connectivity index (χ4n) is 3.14. The van der Waals surface area contributed by atoms with Crippen molar-refractivity contribution in [1.29, 1.82) is 0 Å². The standard InChI is InChI=1S/C22H21N3O5.Na.H/c1-25-11-10-18(26)20(21(25)29)24-22(30)23-17(13-19(27)28)16-9-5-8-15(12-16)14-6-3-2-4-7-14;;/h2-12,17,20H,13H2,1H3,(H,27,28)(H2,23,24,30);;. The van der Waals surface area contributed by atoms with Crippen LogP contribution in [0, 0.1) is 0 Å². The van der Waals surface area contributed by atoms with Gasteiger partial charge in [-0.2, -0.15) is 0 Å². The number of hydrogen-bond acceptors (Lipinski definition) is 4. The number of nitrogens with zero attached hydrogens (tertiary/aromatic N) is 1. The molecule has 1 heterocycles. The normalized spacial score (nSPS) is 16.3. The second kappa shape index (κ2) is 10.9. The van der Waals surface area contributed by atoms with Crippen LogP contribution in [0.4, 0.5) is 4.79 Å². The van der Waals surface area contributed by atoms with Crippen LogP contribution < -0.4 is 10.6 Å². The van der Waals surface area contributed by atoms with E-state index >= 15 is 0 Å². The number of benzene rings is 2. The van der Waals surface area contributed by atoms with E-state index in [9.17, 15) is 24.3 Å². The molecule has 1 aliphatic heterocycles. The van der Waals surface area contributed by atoms with E-state index in [1.54, 1.807) is 18.2 Å². The minimum atomic E-state index is -1.35. The first-order chi connectivity index (χ1) is 14.3. The van der Waals surface area contributed by atoms with E-state index in [2.05, 4.69) is 10.6 Å². The molecule has 2 aromatic carbocycles. The molecule has 3 amide bonds. The first-order valence-corrected chi connectivity index (χ1v) is 9.28. The summed E-state index contributed by atoms with van der Waals surface area (Å²) in [4.78, 5) is 49.1. The van der Waals surface area contributed by atoms with Gasteiger partial charge in [-0.3, -0.25) is 14.4 Å². The molecule has 31 heavy (non-hydrogen) atoms. The number of carbonyl (C=O) groups is 4. The van der Waals surface area contributed by atoms with Gasteiger partial charge in [-0.25, -0.2) is 4.79 Å². The van der Waals surface area contributed by atoms with Crippen molar-refractivity contribution < 1.29 is 24.3 Å². The van der Waals surface area contributed by atoms with Crippen LogP contribution in [0.5, 0.6) is 0 Å². The van der Waals surface area contributed by atoms with Gasteiger partial charge in [0.15, 0.2) is 11.8 Å². The summed E-state index contributed by atoms with van der Waals surface area (Å²) in [6.07, 6.45) is 2.16. The summed E-state index contributed by atoms with van der Waals surface area (Å²) in [7, 11) is 1.47. The topological polar surface area (TPSA) is 116 Å². The molecule has 0 aliphatic carbocycles. The van der Waals surface area contributed by atoms with Crippen LogP contribution in [0.2, 0.25) is 0 Å². The molecule has 9 heteroatoms. The number of hydrogen-bond donors (Lipinski definition) is 3. The quantitative estimate of drug-likeness (QED) is 0.473. The Bertz CT molecular complexity index is 1010. The van der Waals surface area contributed by atoms with Crippen LogP contribution in [0.25, 0.3) is 11.1 Å². The molecule has 2 unspecified atom stereocenters. The molecule has 0 bridgehead atoms. The van der Waals surface area contributed by atoms with Crippen molar-refractivity contribution in [3.8, 4) is 11.1 Å². The van der Waals surface area contributed by atoms with E-state index in [0.29, 0.717) is 5.56 Å². The van der Waals surface area contributed by atoms with Gasteiger partial charge in [0.05, 0.1) is 12.5 Å². The van der Waals surface area contributed by atoms with Crippen molar-refractivity contribution in [1.82, 2.24) is 15.5 Å². The zero-order chi connectivity index (χ0) is 21.7. The van der Waals surface area contributed by atoms with Crippen LogP contribution in [0.1, 0.15) is 18.0 Å². The SMILES string of the molecule is CN1C=CC(=O)C(NC(=O)NC(CC(=O)O)c2cccc(-c3ccccc3)c2)C1=O.[NaH]. The number of likely N-dealkylation sites (N-methyl/N-ethyl adjacent to an activating group) is 1. The molecule has 1 aliphatic rings. The molecule has 156 valence electrons. The molecular formula is C22H22N3NaO5. The molecule has 0 aromatic heterocycles. The number of aliphatic carboxylic acids is 1. The monoisotopic (exact) mass is 431 g/mol. The Morgan fingerprint density at radius 2 is 1.74 bits per heavy atom. The summed E-state index contributed by atoms with van der Waals surface area (Å²) in [6.45, 7) is 0. The van der Waals surface area contributed by atoms with Gasteiger partial charge >= 0.3 is 41.6 Å². The van der Waals surface area contributed by atoms with Crippen LogP contribution >= 0.6 is 0 Å². The van der Waals surface area contributed by atoms with Crippen LogP contribution in [-0.2, 0) is 14.4 Å². The molecule has 0 saturated heterocycles. The van der Waals surface area contributed by atoms with Crippen molar-refractivity contribution in [3.05, 3.63) is 72.4 Å². The van der Waals surface area contributed by atoms with Gasteiger partial charge < -0.3 is 20.6 Å². The molecule has 0 radical (unpaired) electrons. The molecule has 0 spiro atoms. The zero-order valence-corrected chi connectivity index (χ0v) is 16.2. The van der Waals surface area contributed by atoms with Crippen LogP contribution in [-0.4, -0.2) is 76.3 Å². The van der Waals surface area contributed by atoms with E-state index in [-0.39, 0.29) is 36.0 Å². The van der Waals surface area contributed by atoms with E-state index < -0.39 is 35.8 Å². The van der Waals surface area contributed by atoms with Gasteiger partial charge in [0.2, 0.25) is 0 Å². The van der Waals surface area contributed by atoms with Crippen molar-refractivity contribution >= 4 is 53.2 Å². The number of urea groups is 1. The maximum absolute atomic E-state index is 12.5. The maximum atomic E-state index is 12.5. The van der Waals surface area contributed by atoms with Gasteiger partial charge in [0, 0.05) is 19.3 Å². The average Bonchev–Trinajstić information content (AvgIpc) is 2.74. The third-order valence-electron chi connectivity index (χ3n) is 4.70. The second-order valence-electron chi connectivity index (χ2n) is 6.86. The van der Waals surface area contributed by atoms with Gasteiger partial charge in [0.25, 0.3) is 5.91 Å². The molecular weight excluding hydrogens is 409 g/mol. The van der Waals surface area contributed by atoms with E-state index in [0.717, 1.165) is 11.1 Å². The van der Waals surface area contributed by atoms with Crippen LogP contribution in [0.3, 0.4) is 0 Å². The fraction of sp³-hybridized carbons (Fsp3) is 0.182. The number of carboxylic acid groups (broad SMARTS) is 1. The first kappa shape index (κ1) is 24.3. The van der Waals surface area contributed by atoms with Gasteiger partial charge in [-0.15, -0.1) is 0 Å². The van der Waals surface area contributed by atoms with E-state index in [4.69, 9.17) is 0 Å². The molecule has 2 aromatic rings. The zero-order valence-electron chi connectivity index (χ0n) is 16.2. The molecule has 0 saturated carbocycles. The Hall–Kier alpha value is -2.94. The van der Waals surface area contributed by atoms with Crippen molar-refractivity contribution in [3.63, 3.8) is 0 Å². The molecule has 0 fully saturated rings. The number of nitrogens with one attached hydrogen (secondary N) is 2. The number of carbonyl (C=O) groups excluding carboxylic acids is 3. The molecule has 3 rings (SSSR count). The van der Waals surface area contributed by atoms with Crippen molar-refractivity contribution in [2.75, 3.05) is 7.05 Å². The molecule has 3 N–H and O–H groups in total. The minimum absolute atomic E-state index is 0. The van der Waals surface area contributed by atoms with Gasteiger partial charge in [-0.05, 0) is 22.8 Å². The Kier molecular flexibility index (Phi) is 8.56. The number of ketones is 1. The Morgan fingerprint density at radius 3 is 2.42 bits per heavy atom. The van der Waals surface area contributed by atoms with E-state index in [1.807, 2.05) is 36.4 Å². The third kappa shape index (κ3) is 6.27. The summed E-state index contributed by atoms with van der Waals surface area (Å²) < 4.78 is 0. The summed E-state index contributed by atoms with van der Waals surface area (Å²) in [5.74, 6) is -2.22. The number of amides is 3. The van der Waals surface area contributed by atoms with Crippen molar-refractivity contribution in [2.45, 2.75) is 18.5 Å². The fourth-order valence-corrected chi connectivity index (χ4v) is 3.14. The van der Waals surface area contributed by atoms with Crippen molar-refractivity contribution in [2.24, 2.45) is 0 Å². The second-order valence-corrected chi connectivity index (χ2v) is 6.86. The van der Waals surface area contributed by atoms with E-state index in [1.165, 1.54) is 24.2 Å². The third-order valence-corrected chi connectivity index (χ3v) is 4.70. The number of rotatable bonds is 6. The summed E-state index contributed by atoms with van der Waals surface area (Å²) >= 11 is 0. The van der Waals surface area contributed by atoms with Gasteiger partial charge in [0.1, 0.15) is 0 Å². The summed E-state index contributed by atoms with van der Waals surface area (Å²) in [6, 6.07) is 13.7. The first-order valence-electron chi connectivity index (χ1n) is 9.28. The molecule has 8 nitrogen and oxygen atoms in total. The van der Waals surface area contributed by atoms with Crippen LogP contribution in [0.15, 0.2) is 66.9 Å². The van der Waals surface area contributed by atoms with Gasteiger partial charge in [-0.1, -0.05) is 48.5 Å². The predicted molar refractivity (Wildman–Crippen MR) is 116 cm³/mol. The summed E-state index contributed by atoms with van der Waals surface area (Å²) in [5, 5.41) is 14.2. The predicted octanol–water partition coefficient (Wildman–Crippen LogP) is 1.44. The molecule has 2 atom stereocenters. The average molecular weight is 431 g/mol. The number of carboxylic acids is 1. The Morgan fingerprint density at radius 1 is 1.06 bits per heavy atom. The summed E-state index contributed by atoms with van der Waals surface area (Å²) in [5.41, 5.74) is 2.41. The Balaban J connectivity index is 0.00000341.